The highest BCUT2D eigenvalue weighted by Gasteiger charge is 2.22. The number of halogens is 4. The van der Waals surface area contributed by atoms with Crippen molar-refractivity contribution in [1.82, 2.24) is 10.3 Å². The van der Waals surface area contributed by atoms with Crippen LogP contribution in [-0.2, 0) is 13.1 Å². The molecule has 0 aliphatic rings. The van der Waals surface area contributed by atoms with Gasteiger partial charge in [-0.25, -0.2) is 13.8 Å². The molecule has 0 aliphatic carbocycles. The van der Waals surface area contributed by atoms with Gasteiger partial charge in [-0.3, -0.25) is 4.79 Å². The fraction of sp³-hybridized carbons (Fsp3) is 0.360. The molecule has 0 atom stereocenters. The highest BCUT2D eigenvalue weighted by molar-refractivity contribution is 5.93. The monoisotopic (exact) mass is 526 g/mol. The molecule has 0 unspecified atom stereocenters. The van der Waals surface area contributed by atoms with Gasteiger partial charge in [-0.2, -0.15) is 8.78 Å². The van der Waals surface area contributed by atoms with Gasteiger partial charge in [0, 0.05) is 23.7 Å². The maximum absolute atomic E-state index is 13.8. The van der Waals surface area contributed by atoms with E-state index < -0.39 is 24.2 Å². The molecule has 202 valence electrons. The van der Waals surface area contributed by atoms with E-state index in [9.17, 15) is 22.4 Å². The molecule has 3 rings (SSSR count). The first-order valence-electron chi connectivity index (χ1n) is 11.7. The van der Waals surface area contributed by atoms with E-state index in [2.05, 4.69) is 15.0 Å². The number of nitrogens with one attached hydrogen (secondary N) is 1. The van der Waals surface area contributed by atoms with Gasteiger partial charge in [-0.05, 0) is 43.7 Å². The number of oxazole rings is 1. The van der Waals surface area contributed by atoms with Crippen LogP contribution < -0.4 is 26.3 Å². The summed E-state index contributed by atoms with van der Waals surface area (Å²) in [5.41, 5.74) is 11.4. The Bertz CT molecular complexity index is 1160. The average molecular weight is 527 g/mol. The molecule has 0 bridgehead atoms. The summed E-state index contributed by atoms with van der Waals surface area (Å²) < 4.78 is 68.1. The van der Waals surface area contributed by atoms with E-state index in [-0.39, 0.29) is 54.1 Å². The summed E-state index contributed by atoms with van der Waals surface area (Å²) in [5.74, 6) is -2.35. The van der Waals surface area contributed by atoms with Gasteiger partial charge in [-0.15, -0.1) is 0 Å². The lowest BCUT2D eigenvalue weighted by Crippen LogP contribution is -2.25. The molecule has 0 fully saturated rings. The lowest BCUT2D eigenvalue weighted by atomic mass is 10.2. The predicted octanol–water partition coefficient (Wildman–Crippen LogP) is 4.75. The second kappa shape index (κ2) is 14.8. The van der Waals surface area contributed by atoms with Crippen molar-refractivity contribution in [2.24, 2.45) is 11.5 Å². The van der Waals surface area contributed by atoms with Gasteiger partial charge in [0.15, 0.2) is 23.0 Å². The molecule has 1 heterocycles. The van der Waals surface area contributed by atoms with Crippen LogP contribution in [0.2, 0.25) is 0 Å². The lowest BCUT2D eigenvalue weighted by Gasteiger charge is -2.13. The molecule has 2 aromatic carbocycles. The Morgan fingerprint density at radius 1 is 1.08 bits per heavy atom. The number of carbonyl (C=O) groups excluding carboxylic acids is 1. The molecule has 0 saturated heterocycles. The standard InChI is InChI=1S/C23H24F4N4O4.C2H6/c24-15-5-3-14(16(25)10-15)12-30-21(32)20-19(11-29)34-22(31-20)13-4-6-17(35-23(26)27)18(9-13)33-8-2-1-7-28;1-2/h3-6,9-10,23H,1-2,7-8,11-12,28-29H2,(H,30,32);1-2H3. The van der Waals surface area contributed by atoms with E-state index in [0.29, 0.717) is 31.0 Å². The van der Waals surface area contributed by atoms with Crippen LogP contribution in [0, 0.1) is 11.6 Å². The van der Waals surface area contributed by atoms with Gasteiger partial charge in [0.25, 0.3) is 5.91 Å². The minimum absolute atomic E-state index is 0.0148. The van der Waals surface area contributed by atoms with E-state index in [1.165, 1.54) is 24.3 Å². The lowest BCUT2D eigenvalue weighted by molar-refractivity contribution is -0.0515. The number of amides is 1. The normalized spacial score (nSPS) is 10.6. The average Bonchev–Trinajstić information content (AvgIpc) is 3.32. The molecular formula is C25H30F4N4O4. The number of nitrogens with zero attached hydrogens (tertiary/aromatic N) is 1. The first-order chi connectivity index (χ1) is 17.8. The summed E-state index contributed by atoms with van der Waals surface area (Å²) in [4.78, 5) is 16.8. The van der Waals surface area contributed by atoms with Crippen molar-refractivity contribution < 1.29 is 36.2 Å². The number of ether oxygens (including phenoxy) is 2. The van der Waals surface area contributed by atoms with Crippen molar-refractivity contribution in [3.05, 3.63) is 65.1 Å². The van der Waals surface area contributed by atoms with E-state index in [4.69, 9.17) is 20.6 Å². The molecule has 1 aromatic heterocycles. The number of carbonyl (C=O) groups is 1. The van der Waals surface area contributed by atoms with E-state index in [1.807, 2.05) is 13.8 Å². The number of unbranched alkanes of at least 4 members (excludes halogenated alkanes) is 1. The zero-order chi connectivity index (χ0) is 27.4. The van der Waals surface area contributed by atoms with Crippen molar-refractivity contribution >= 4 is 5.91 Å². The highest BCUT2D eigenvalue weighted by atomic mass is 19.3. The summed E-state index contributed by atoms with van der Waals surface area (Å²) in [5, 5.41) is 2.48. The first kappa shape index (κ1) is 29.6. The molecule has 5 N–H and O–H groups in total. The number of hydrogen-bond acceptors (Lipinski definition) is 7. The third-order valence-electron chi connectivity index (χ3n) is 4.82. The van der Waals surface area contributed by atoms with Crippen molar-refractivity contribution in [2.75, 3.05) is 13.2 Å². The van der Waals surface area contributed by atoms with Crippen LogP contribution in [0.4, 0.5) is 17.6 Å². The van der Waals surface area contributed by atoms with Gasteiger partial charge in [0.1, 0.15) is 11.6 Å². The summed E-state index contributed by atoms with van der Waals surface area (Å²) in [7, 11) is 0. The third-order valence-corrected chi connectivity index (χ3v) is 4.82. The van der Waals surface area contributed by atoms with Gasteiger partial charge >= 0.3 is 6.61 Å². The number of hydrogen-bond donors (Lipinski definition) is 3. The minimum Gasteiger partial charge on any atom is -0.490 e. The summed E-state index contributed by atoms with van der Waals surface area (Å²) in [6.45, 7) is 1.22. The van der Waals surface area contributed by atoms with Crippen molar-refractivity contribution in [3.8, 4) is 23.0 Å². The number of aromatic nitrogens is 1. The van der Waals surface area contributed by atoms with Crippen LogP contribution in [0.25, 0.3) is 11.5 Å². The van der Waals surface area contributed by atoms with E-state index in [1.54, 1.807) is 0 Å². The molecule has 8 nitrogen and oxygen atoms in total. The van der Waals surface area contributed by atoms with Crippen LogP contribution in [0.15, 0.2) is 40.8 Å². The van der Waals surface area contributed by atoms with Crippen LogP contribution in [0.1, 0.15) is 48.5 Å². The van der Waals surface area contributed by atoms with Crippen LogP contribution in [-0.4, -0.2) is 30.7 Å². The van der Waals surface area contributed by atoms with Crippen LogP contribution in [0.3, 0.4) is 0 Å². The first-order valence-corrected chi connectivity index (χ1v) is 11.7. The smallest absolute Gasteiger partial charge is 0.387 e. The number of nitrogens with two attached hydrogens (primary N) is 2. The molecule has 0 radical (unpaired) electrons. The van der Waals surface area contributed by atoms with Crippen molar-refractivity contribution in [1.29, 1.82) is 0 Å². The maximum Gasteiger partial charge on any atom is 0.387 e. The zero-order valence-corrected chi connectivity index (χ0v) is 20.5. The second-order valence-electron chi connectivity index (χ2n) is 7.30. The second-order valence-corrected chi connectivity index (χ2v) is 7.30. The Kier molecular flexibility index (Phi) is 11.8. The van der Waals surface area contributed by atoms with Crippen LogP contribution >= 0.6 is 0 Å². The Morgan fingerprint density at radius 3 is 2.49 bits per heavy atom. The fourth-order valence-electron chi connectivity index (χ4n) is 3.09. The van der Waals surface area contributed by atoms with E-state index in [0.717, 1.165) is 6.07 Å². The minimum atomic E-state index is -3.06. The number of rotatable bonds is 12. The van der Waals surface area contributed by atoms with E-state index >= 15 is 0 Å². The predicted molar refractivity (Wildman–Crippen MR) is 129 cm³/mol. The Morgan fingerprint density at radius 2 is 1.84 bits per heavy atom. The van der Waals surface area contributed by atoms with Crippen molar-refractivity contribution in [2.45, 2.75) is 46.4 Å². The largest absolute Gasteiger partial charge is 0.490 e. The molecular weight excluding hydrogens is 496 g/mol. The highest BCUT2D eigenvalue weighted by Crippen LogP contribution is 2.34. The molecule has 0 saturated carbocycles. The maximum atomic E-state index is 13.8. The summed E-state index contributed by atoms with van der Waals surface area (Å²) >= 11 is 0. The van der Waals surface area contributed by atoms with Gasteiger partial charge in [0.2, 0.25) is 5.89 Å². The Hall–Kier alpha value is -3.64. The fourth-order valence-corrected chi connectivity index (χ4v) is 3.09. The Labute approximate surface area is 211 Å². The topological polar surface area (TPSA) is 126 Å². The van der Waals surface area contributed by atoms with Crippen molar-refractivity contribution in [3.63, 3.8) is 0 Å². The van der Waals surface area contributed by atoms with Crippen LogP contribution in [0.5, 0.6) is 11.5 Å². The summed E-state index contributed by atoms with van der Waals surface area (Å²) in [6.07, 6.45) is 1.29. The molecule has 0 spiro atoms. The number of alkyl halides is 2. The van der Waals surface area contributed by atoms with Gasteiger partial charge in [-0.1, -0.05) is 19.9 Å². The zero-order valence-electron chi connectivity index (χ0n) is 20.5. The van der Waals surface area contributed by atoms with Gasteiger partial charge in [0.05, 0.1) is 13.2 Å². The van der Waals surface area contributed by atoms with Gasteiger partial charge < -0.3 is 30.7 Å². The molecule has 3 aromatic rings. The molecule has 1 amide bonds. The quantitative estimate of drug-likeness (QED) is 0.230. The summed E-state index contributed by atoms with van der Waals surface area (Å²) in [6, 6.07) is 7.05. The molecule has 37 heavy (non-hydrogen) atoms. The third kappa shape index (κ3) is 8.46. The molecule has 12 heteroatoms. The SMILES string of the molecule is CC.NCCCCOc1cc(-c2nc(C(=O)NCc3ccc(F)cc3F)c(CN)o2)ccc1OC(F)F. The Balaban J connectivity index is 0.00000235. The number of benzene rings is 2. The molecule has 0 aliphatic heterocycles.